The van der Waals surface area contributed by atoms with E-state index in [9.17, 15) is 0 Å². The SMILES string of the molecule is Brc1cccc2c1COC1CN(Cc3ccccc3)CC21. The van der Waals surface area contributed by atoms with Crippen LogP contribution in [-0.2, 0) is 17.9 Å². The Bertz CT molecular complexity index is 643. The average molecular weight is 344 g/mol. The third-order valence-electron chi connectivity index (χ3n) is 4.59. The topological polar surface area (TPSA) is 12.5 Å². The zero-order valence-electron chi connectivity index (χ0n) is 11.8. The summed E-state index contributed by atoms with van der Waals surface area (Å²) < 4.78 is 7.29. The summed E-state index contributed by atoms with van der Waals surface area (Å²) >= 11 is 3.65. The first-order valence-corrected chi connectivity index (χ1v) is 8.26. The molecule has 0 aliphatic carbocycles. The van der Waals surface area contributed by atoms with Gasteiger partial charge in [0.2, 0.25) is 0 Å². The van der Waals surface area contributed by atoms with E-state index in [1.165, 1.54) is 21.2 Å². The minimum atomic E-state index is 0.343. The van der Waals surface area contributed by atoms with Crippen molar-refractivity contribution in [3.8, 4) is 0 Å². The standard InChI is InChI=1S/C18H18BrNO/c19-17-8-4-7-14-15-10-20(9-13-5-2-1-3-6-13)11-18(15)21-12-16(14)17/h1-8,15,18H,9-12H2. The number of fused-ring (bicyclic) bond motifs is 3. The van der Waals surface area contributed by atoms with Crippen molar-refractivity contribution in [2.24, 2.45) is 0 Å². The van der Waals surface area contributed by atoms with E-state index < -0.39 is 0 Å². The highest BCUT2D eigenvalue weighted by Crippen LogP contribution is 2.39. The summed E-state index contributed by atoms with van der Waals surface area (Å²) in [7, 11) is 0. The molecular formula is C18H18BrNO. The first kappa shape index (κ1) is 13.5. The lowest BCUT2D eigenvalue weighted by molar-refractivity contribution is 0.0245. The van der Waals surface area contributed by atoms with E-state index in [4.69, 9.17) is 4.74 Å². The van der Waals surface area contributed by atoms with Crippen LogP contribution in [0.1, 0.15) is 22.6 Å². The summed E-state index contributed by atoms with van der Waals surface area (Å²) in [6.07, 6.45) is 0.343. The van der Waals surface area contributed by atoms with Crippen molar-refractivity contribution in [1.29, 1.82) is 0 Å². The summed E-state index contributed by atoms with van der Waals surface area (Å²) in [5.41, 5.74) is 4.18. The van der Waals surface area contributed by atoms with Gasteiger partial charge < -0.3 is 4.74 Å². The van der Waals surface area contributed by atoms with Crippen LogP contribution in [0.3, 0.4) is 0 Å². The van der Waals surface area contributed by atoms with Gasteiger partial charge in [0.1, 0.15) is 0 Å². The van der Waals surface area contributed by atoms with E-state index in [1.54, 1.807) is 0 Å². The zero-order valence-corrected chi connectivity index (χ0v) is 13.4. The number of benzene rings is 2. The highest BCUT2D eigenvalue weighted by atomic mass is 79.9. The van der Waals surface area contributed by atoms with E-state index >= 15 is 0 Å². The average Bonchev–Trinajstić information content (AvgIpc) is 2.91. The van der Waals surface area contributed by atoms with Crippen LogP contribution in [0.5, 0.6) is 0 Å². The molecule has 2 heterocycles. The second-order valence-electron chi connectivity index (χ2n) is 5.94. The van der Waals surface area contributed by atoms with Gasteiger partial charge in [0, 0.05) is 30.0 Å². The highest BCUT2D eigenvalue weighted by molar-refractivity contribution is 9.10. The Balaban J connectivity index is 1.55. The molecule has 2 aromatic rings. The maximum atomic E-state index is 6.11. The Kier molecular flexibility index (Phi) is 3.57. The van der Waals surface area contributed by atoms with Crippen molar-refractivity contribution in [3.05, 3.63) is 69.7 Å². The maximum absolute atomic E-state index is 6.11. The molecule has 4 rings (SSSR count). The highest BCUT2D eigenvalue weighted by Gasteiger charge is 2.38. The molecule has 21 heavy (non-hydrogen) atoms. The Labute approximate surface area is 133 Å². The van der Waals surface area contributed by atoms with Crippen LogP contribution in [-0.4, -0.2) is 24.1 Å². The number of rotatable bonds is 2. The van der Waals surface area contributed by atoms with Gasteiger partial charge in [-0.25, -0.2) is 0 Å². The number of nitrogens with zero attached hydrogens (tertiary/aromatic N) is 1. The molecule has 2 aliphatic rings. The number of likely N-dealkylation sites (tertiary alicyclic amines) is 1. The molecule has 2 aromatic carbocycles. The number of ether oxygens (including phenoxy) is 1. The smallest absolute Gasteiger partial charge is 0.0787 e. The molecule has 108 valence electrons. The molecule has 0 bridgehead atoms. The van der Waals surface area contributed by atoms with Gasteiger partial charge in [-0.2, -0.15) is 0 Å². The van der Waals surface area contributed by atoms with E-state index in [0.717, 1.165) is 26.2 Å². The molecule has 0 N–H and O–H groups in total. The first-order chi connectivity index (χ1) is 10.3. The second-order valence-corrected chi connectivity index (χ2v) is 6.80. The van der Waals surface area contributed by atoms with Gasteiger partial charge >= 0.3 is 0 Å². The van der Waals surface area contributed by atoms with Gasteiger partial charge in [0.15, 0.2) is 0 Å². The molecule has 2 nitrogen and oxygen atoms in total. The molecule has 0 amide bonds. The van der Waals surface area contributed by atoms with Crippen molar-refractivity contribution in [1.82, 2.24) is 4.90 Å². The van der Waals surface area contributed by atoms with Crippen LogP contribution in [0.25, 0.3) is 0 Å². The van der Waals surface area contributed by atoms with E-state index in [0.29, 0.717) is 12.0 Å². The van der Waals surface area contributed by atoms with Crippen molar-refractivity contribution in [2.75, 3.05) is 13.1 Å². The molecule has 0 aromatic heterocycles. The van der Waals surface area contributed by atoms with Crippen LogP contribution in [0.4, 0.5) is 0 Å². The second kappa shape index (κ2) is 5.56. The molecule has 0 radical (unpaired) electrons. The van der Waals surface area contributed by atoms with Crippen molar-refractivity contribution in [3.63, 3.8) is 0 Å². The van der Waals surface area contributed by atoms with Crippen LogP contribution in [0, 0.1) is 0 Å². The molecule has 3 heteroatoms. The summed E-state index contributed by atoms with van der Waals surface area (Å²) in [6.45, 7) is 3.87. The Morgan fingerprint density at radius 2 is 1.90 bits per heavy atom. The maximum Gasteiger partial charge on any atom is 0.0787 e. The summed E-state index contributed by atoms with van der Waals surface area (Å²) in [4.78, 5) is 2.51. The lowest BCUT2D eigenvalue weighted by Crippen LogP contribution is -2.27. The fourth-order valence-corrected chi connectivity index (χ4v) is 4.05. The molecule has 2 unspecified atom stereocenters. The Hall–Kier alpha value is -1.16. The largest absolute Gasteiger partial charge is 0.371 e. The molecule has 0 spiro atoms. The molecule has 2 aliphatic heterocycles. The summed E-state index contributed by atoms with van der Waals surface area (Å²) in [5, 5.41) is 0. The third-order valence-corrected chi connectivity index (χ3v) is 5.33. The van der Waals surface area contributed by atoms with Crippen molar-refractivity contribution in [2.45, 2.75) is 25.2 Å². The molecule has 1 saturated heterocycles. The van der Waals surface area contributed by atoms with Crippen molar-refractivity contribution >= 4 is 15.9 Å². The van der Waals surface area contributed by atoms with Gasteiger partial charge in [0.05, 0.1) is 12.7 Å². The third kappa shape index (κ3) is 2.54. The number of halogens is 1. The molecule has 1 fully saturated rings. The van der Waals surface area contributed by atoms with Crippen LogP contribution < -0.4 is 0 Å². The van der Waals surface area contributed by atoms with Gasteiger partial charge in [-0.1, -0.05) is 58.4 Å². The van der Waals surface area contributed by atoms with Gasteiger partial charge in [-0.15, -0.1) is 0 Å². The lowest BCUT2D eigenvalue weighted by atomic mass is 9.90. The predicted octanol–water partition coefficient (Wildman–Crippen LogP) is 3.95. The first-order valence-electron chi connectivity index (χ1n) is 7.46. The number of hydrogen-bond donors (Lipinski definition) is 0. The monoisotopic (exact) mass is 343 g/mol. The van der Waals surface area contributed by atoms with E-state index in [2.05, 4.69) is 69.4 Å². The predicted molar refractivity (Wildman–Crippen MR) is 87.2 cm³/mol. The summed E-state index contributed by atoms with van der Waals surface area (Å²) in [6, 6.07) is 17.2. The van der Waals surface area contributed by atoms with Gasteiger partial charge in [0.25, 0.3) is 0 Å². The number of hydrogen-bond acceptors (Lipinski definition) is 2. The summed E-state index contributed by atoms with van der Waals surface area (Å²) in [5.74, 6) is 0.509. The van der Waals surface area contributed by atoms with Crippen LogP contribution in [0.2, 0.25) is 0 Å². The van der Waals surface area contributed by atoms with E-state index in [-0.39, 0.29) is 0 Å². The molecular weight excluding hydrogens is 326 g/mol. The van der Waals surface area contributed by atoms with E-state index in [1.807, 2.05) is 0 Å². The minimum absolute atomic E-state index is 0.343. The molecule has 0 saturated carbocycles. The Morgan fingerprint density at radius 3 is 2.76 bits per heavy atom. The zero-order chi connectivity index (χ0) is 14.2. The Morgan fingerprint density at radius 1 is 1.05 bits per heavy atom. The quantitative estimate of drug-likeness (QED) is 0.818. The fourth-order valence-electron chi connectivity index (χ4n) is 3.56. The fraction of sp³-hybridized carbons (Fsp3) is 0.333. The van der Waals surface area contributed by atoms with Crippen LogP contribution >= 0.6 is 15.9 Å². The van der Waals surface area contributed by atoms with Crippen LogP contribution in [0.15, 0.2) is 53.0 Å². The lowest BCUT2D eigenvalue weighted by Gasteiger charge is -2.28. The normalized spacial score (nSPS) is 24.6. The van der Waals surface area contributed by atoms with Crippen molar-refractivity contribution < 1.29 is 4.74 Å². The molecule has 2 atom stereocenters. The van der Waals surface area contributed by atoms with Gasteiger partial charge in [-0.05, 0) is 22.8 Å². The minimum Gasteiger partial charge on any atom is -0.371 e. The van der Waals surface area contributed by atoms with Gasteiger partial charge in [-0.3, -0.25) is 4.90 Å².